The minimum absolute atomic E-state index is 0.00880. The Kier molecular flexibility index (Phi) is 3.42. The Morgan fingerprint density at radius 2 is 2.09 bits per heavy atom. The van der Waals surface area contributed by atoms with Gasteiger partial charge >= 0.3 is 6.61 Å². The summed E-state index contributed by atoms with van der Waals surface area (Å²) in [6, 6.07) is 4.86. The van der Waals surface area contributed by atoms with Crippen LogP contribution in [0.5, 0.6) is 5.75 Å². The Bertz CT molecular complexity index is 732. The third-order valence-corrected chi connectivity index (χ3v) is 4.27. The Balaban J connectivity index is 2.12. The van der Waals surface area contributed by atoms with E-state index in [1.807, 2.05) is 4.57 Å². The number of ether oxygens (including phenoxy) is 1. The molecule has 0 spiro atoms. The number of imidazole rings is 1. The van der Waals surface area contributed by atoms with Gasteiger partial charge < -0.3 is 9.30 Å². The molecular formula is C16H18F2N2O2. The second-order valence-corrected chi connectivity index (χ2v) is 6.74. The summed E-state index contributed by atoms with van der Waals surface area (Å²) in [5, 5.41) is 0. The summed E-state index contributed by atoms with van der Waals surface area (Å²) in [5.74, 6) is 0.477. The Labute approximate surface area is 127 Å². The van der Waals surface area contributed by atoms with Gasteiger partial charge in [0, 0.05) is 13.0 Å². The van der Waals surface area contributed by atoms with E-state index in [-0.39, 0.29) is 22.9 Å². The quantitative estimate of drug-likeness (QED) is 0.845. The van der Waals surface area contributed by atoms with E-state index in [9.17, 15) is 13.6 Å². The molecule has 2 aromatic rings. The highest BCUT2D eigenvalue weighted by atomic mass is 19.3. The van der Waals surface area contributed by atoms with Crippen molar-refractivity contribution >= 4 is 16.8 Å². The molecule has 1 aliphatic rings. The Morgan fingerprint density at radius 3 is 2.73 bits per heavy atom. The molecule has 22 heavy (non-hydrogen) atoms. The molecule has 1 aliphatic heterocycles. The maximum absolute atomic E-state index is 12.5. The third-order valence-electron chi connectivity index (χ3n) is 4.27. The number of para-hydroxylation sites is 1. The monoisotopic (exact) mass is 308 g/mol. The second kappa shape index (κ2) is 5.04. The number of carbonyl (C=O) groups is 1. The summed E-state index contributed by atoms with van der Waals surface area (Å²) < 4.78 is 31.3. The first-order valence-corrected chi connectivity index (χ1v) is 7.24. The number of fused-ring (bicyclic) bond motifs is 3. The minimum Gasteiger partial charge on any atom is -0.432 e. The van der Waals surface area contributed by atoms with Gasteiger partial charge in [-0.15, -0.1) is 0 Å². The molecule has 0 fully saturated rings. The van der Waals surface area contributed by atoms with Crippen molar-refractivity contribution in [2.75, 3.05) is 0 Å². The third kappa shape index (κ3) is 2.46. The topological polar surface area (TPSA) is 44.1 Å². The van der Waals surface area contributed by atoms with E-state index in [1.54, 1.807) is 12.1 Å². The summed E-state index contributed by atoms with van der Waals surface area (Å²) in [6.07, 6.45) is 0.428. The molecule has 1 aromatic carbocycles. The minimum atomic E-state index is -2.91. The lowest BCUT2D eigenvalue weighted by molar-refractivity contribution is -0.0489. The van der Waals surface area contributed by atoms with Crippen LogP contribution in [0.1, 0.15) is 37.8 Å². The summed E-state index contributed by atoms with van der Waals surface area (Å²) >= 11 is 0. The molecular weight excluding hydrogens is 290 g/mol. The SMILES string of the molecule is CC(C)(C)C1CC(=O)c2nc3c(OC(F)F)cccc3n2C1. The van der Waals surface area contributed by atoms with Gasteiger partial charge in [-0.3, -0.25) is 4.79 Å². The number of carbonyl (C=O) groups excluding carboxylic acids is 1. The maximum atomic E-state index is 12.5. The molecule has 0 amide bonds. The van der Waals surface area contributed by atoms with E-state index in [0.717, 1.165) is 0 Å². The van der Waals surface area contributed by atoms with Crippen molar-refractivity contribution in [1.82, 2.24) is 9.55 Å². The number of ketones is 1. The van der Waals surface area contributed by atoms with Gasteiger partial charge in [-0.05, 0) is 23.5 Å². The predicted molar refractivity (Wildman–Crippen MR) is 78.3 cm³/mol. The molecule has 1 aromatic heterocycles. The van der Waals surface area contributed by atoms with E-state index >= 15 is 0 Å². The largest absolute Gasteiger partial charge is 0.432 e. The van der Waals surface area contributed by atoms with Crippen molar-refractivity contribution in [2.24, 2.45) is 11.3 Å². The number of alkyl halides is 2. The lowest BCUT2D eigenvalue weighted by atomic mass is 9.76. The molecule has 0 radical (unpaired) electrons. The van der Waals surface area contributed by atoms with Crippen LogP contribution in [0.25, 0.3) is 11.0 Å². The fourth-order valence-electron chi connectivity index (χ4n) is 2.89. The molecule has 0 saturated heterocycles. The zero-order valence-corrected chi connectivity index (χ0v) is 12.8. The van der Waals surface area contributed by atoms with Gasteiger partial charge in [0.05, 0.1) is 5.52 Å². The van der Waals surface area contributed by atoms with Crippen LogP contribution >= 0.6 is 0 Å². The first kappa shape index (κ1) is 14.9. The number of nitrogens with zero attached hydrogens (tertiary/aromatic N) is 2. The van der Waals surface area contributed by atoms with Crippen LogP contribution in [0.4, 0.5) is 8.78 Å². The lowest BCUT2D eigenvalue weighted by Crippen LogP contribution is -2.33. The average molecular weight is 308 g/mol. The van der Waals surface area contributed by atoms with Gasteiger partial charge in [-0.1, -0.05) is 26.8 Å². The molecule has 3 rings (SSSR count). The first-order chi connectivity index (χ1) is 10.3. The smallest absolute Gasteiger partial charge is 0.387 e. The number of halogens is 2. The lowest BCUT2D eigenvalue weighted by Gasteiger charge is -2.33. The molecule has 1 unspecified atom stereocenters. The predicted octanol–water partition coefficient (Wildman–Crippen LogP) is 3.89. The van der Waals surface area contributed by atoms with Crippen LogP contribution in [0.3, 0.4) is 0 Å². The summed E-state index contributed by atoms with van der Waals surface area (Å²) in [5.41, 5.74) is 0.970. The van der Waals surface area contributed by atoms with E-state index in [0.29, 0.717) is 29.8 Å². The fourth-order valence-corrected chi connectivity index (χ4v) is 2.89. The molecule has 1 atom stereocenters. The number of aromatic nitrogens is 2. The fraction of sp³-hybridized carbons (Fsp3) is 0.500. The highest BCUT2D eigenvalue weighted by Crippen LogP contribution is 2.37. The van der Waals surface area contributed by atoms with Crippen molar-refractivity contribution in [3.05, 3.63) is 24.0 Å². The molecule has 0 saturated carbocycles. The van der Waals surface area contributed by atoms with Gasteiger partial charge in [0.1, 0.15) is 5.52 Å². The molecule has 0 aliphatic carbocycles. The van der Waals surface area contributed by atoms with Crippen LogP contribution in [0, 0.1) is 11.3 Å². The average Bonchev–Trinajstić information content (AvgIpc) is 2.78. The zero-order valence-electron chi connectivity index (χ0n) is 12.8. The summed E-state index contributed by atoms with van der Waals surface area (Å²) in [4.78, 5) is 16.6. The van der Waals surface area contributed by atoms with E-state index in [4.69, 9.17) is 0 Å². The molecule has 6 heteroatoms. The molecule has 0 bridgehead atoms. The second-order valence-electron chi connectivity index (χ2n) is 6.74. The zero-order chi connectivity index (χ0) is 16.1. The Hall–Kier alpha value is -1.98. The van der Waals surface area contributed by atoms with Crippen LogP contribution in [0.2, 0.25) is 0 Å². The van der Waals surface area contributed by atoms with Crippen LogP contribution in [-0.2, 0) is 6.54 Å². The standard InChI is InChI=1S/C16H18F2N2O2/c1-16(2,3)9-7-11(21)14-19-13-10(20(14)8-9)5-4-6-12(13)22-15(17)18/h4-6,9,15H,7-8H2,1-3H3. The van der Waals surface area contributed by atoms with Crippen LogP contribution in [-0.4, -0.2) is 21.9 Å². The molecule has 118 valence electrons. The van der Waals surface area contributed by atoms with Crippen molar-refractivity contribution < 1.29 is 18.3 Å². The van der Waals surface area contributed by atoms with E-state index in [1.165, 1.54) is 6.07 Å². The summed E-state index contributed by atoms with van der Waals surface area (Å²) in [7, 11) is 0. The van der Waals surface area contributed by atoms with Crippen molar-refractivity contribution in [3.8, 4) is 5.75 Å². The van der Waals surface area contributed by atoms with E-state index < -0.39 is 6.61 Å². The first-order valence-electron chi connectivity index (χ1n) is 7.24. The van der Waals surface area contributed by atoms with E-state index in [2.05, 4.69) is 30.5 Å². The molecule has 0 N–H and O–H groups in total. The molecule has 4 nitrogen and oxygen atoms in total. The van der Waals surface area contributed by atoms with Crippen molar-refractivity contribution in [3.63, 3.8) is 0 Å². The normalized spacial score (nSPS) is 18.8. The number of Topliss-reactive ketones (excluding diaryl/α,β-unsaturated/α-hetero) is 1. The van der Waals surface area contributed by atoms with Gasteiger partial charge in [0.2, 0.25) is 0 Å². The van der Waals surface area contributed by atoms with Crippen LogP contribution < -0.4 is 4.74 Å². The van der Waals surface area contributed by atoms with Gasteiger partial charge in [-0.2, -0.15) is 8.78 Å². The van der Waals surface area contributed by atoms with Gasteiger partial charge in [0.25, 0.3) is 0 Å². The van der Waals surface area contributed by atoms with Gasteiger partial charge in [-0.25, -0.2) is 4.98 Å². The number of benzene rings is 1. The molecule has 2 heterocycles. The number of rotatable bonds is 2. The van der Waals surface area contributed by atoms with Crippen LogP contribution in [0.15, 0.2) is 18.2 Å². The van der Waals surface area contributed by atoms with Crippen molar-refractivity contribution in [2.45, 2.75) is 40.3 Å². The van der Waals surface area contributed by atoms with Crippen molar-refractivity contribution in [1.29, 1.82) is 0 Å². The number of hydrogen-bond acceptors (Lipinski definition) is 3. The number of hydrogen-bond donors (Lipinski definition) is 0. The maximum Gasteiger partial charge on any atom is 0.387 e. The highest BCUT2D eigenvalue weighted by Gasteiger charge is 2.35. The Morgan fingerprint density at radius 1 is 1.36 bits per heavy atom. The van der Waals surface area contributed by atoms with Gasteiger partial charge in [0.15, 0.2) is 17.4 Å². The summed E-state index contributed by atoms with van der Waals surface area (Å²) in [6.45, 7) is 4.03. The highest BCUT2D eigenvalue weighted by molar-refractivity contribution is 5.98.